The van der Waals surface area contributed by atoms with Crippen molar-refractivity contribution in [2.24, 2.45) is 5.73 Å². The van der Waals surface area contributed by atoms with Crippen molar-refractivity contribution in [3.63, 3.8) is 0 Å². The van der Waals surface area contributed by atoms with Crippen LogP contribution in [-0.4, -0.2) is 49.4 Å². The van der Waals surface area contributed by atoms with E-state index in [1.165, 1.54) is 0 Å². The molecule has 2 atom stereocenters. The zero-order valence-electron chi connectivity index (χ0n) is 12.3. The molecule has 20 heavy (non-hydrogen) atoms. The Labute approximate surface area is 121 Å². The molecular formula is C16H26N2O2. The minimum atomic E-state index is -0.938. The lowest BCUT2D eigenvalue weighted by Gasteiger charge is -2.30. The maximum Gasteiger partial charge on any atom is 0.103 e. The number of nitrogens with zero attached hydrogens (tertiary/aromatic N) is 1. The fourth-order valence-corrected chi connectivity index (χ4v) is 2.72. The van der Waals surface area contributed by atoms with Crippen molar-refractivity contribution in [3.05, 3.63) is 35.9 Å². The van der Waals surface area contributed by atoms with Crippen LogP contribution < -0.4 is 5.73 Å². The van der Waals surface area contributed by atoms with E-state index >= 15 is 0 Å². The van der Waals surface area contributed by atoms with Gasteiger partial charge in [0.15, 0.2) is 0 Å². The second kappa shape index (κ2) is 7.18. The summed E-state index contributed by atoms with van der Waals surface area (Å²) in [6.07, 6.45) is 3.29. The van der Waals surface area contributed by atoms with Gasteiger partial charge in [-0.3, -0.25) is 0 Å². The fraction of sp³-hybridized carbons (Fsp3) is 0.625. The van der Waals surface area contributed by atoms with Gasteiger partial charge in [0.25, 0.3) is 0 Å². The molecule has 0 bridgehead atoms. The van der Waals surface area contributed by atoms with Gasteiger partial charge in [-0.15, -0.1) is 0 Å². The summed E-state index contributed by atoms with van der Waals surface area (Å²) in [5.41, 5.74) is 5.75. The molecule has 1 aliphatic rings. The van der Waals surface area contributed by atoms with Gasteiger partial charge in [-0.2, -0.15) is 0 Å². The van der Waals surface area contributed by atoms with Crippen molar-refractivity contribution < 1.29 is 9.84 Å². The Kier molecular flexibility index (Phi) is 5.54. The van der Waals surface area contributed by atoms with Crippen LogP contribution in [0.25, 0.3) is 0 Å². The van der Waals surface area contributed by atoms with Gasteiger partial charge in [-0.05, 0) is 31.9 Å². The van der Waals surface area contributed by atoms with E-state index in [-0.39, 0.29) is 6.54 Å². The second-order valence-corrected chi connectivity index (χ2v) is 5.75. The van der Waals surface area contributed by atoms with E-state index in [1.807, 2.05) is 30.3 Å². The Bertz CT molecular complexity index is 393. The van der Waals surface area contributed by atoms with E-state index in [2.05, 4.69) is 11.9 Å². The number of ether oxygens (including phenoxy) is 1. The third-order valence-electron chi connectivity index (χ3n) is 4.10. The molecule has 1 aliphatic heterocycles. The van der Waals surface area contributed by atoms with E-state index in [4.69, 9.17) is 10.5 Å². The lowest BCUT2D eigenvalue weighted by molar-refractivity contribution is 0.0207. The van der Waals surface area contributed by atoms with Crippen molar-refractivity contribution in [1.29, 1.82) is 0 Å². The molecule has 0 aliphatic carbocycles. The van der Waals surface area contributed by atoms with Gasteiger partial charge in [-0.25, -0.2) is 0 Å². The van der Waals surface area contributed by atoms with E-state index < -0.39 is 5.60 Å². The molecule has 1 heterocycles. The molecule has 0 spiro atoms. The third kappa shape index (κ3) is 4.03. The smallest absolute Gasteiger partial charge is 0.103 e. The van der Waals surface area contributed by atoms with Crippen LogP contribution >= 0.6 is 0 Å². The second-order valence-electron chi connectivity index (χ2n) is 5.75. The summed E-state index contributed by atoms with van der Waals surface area (Å²) in [6.45, 7) is 2.86. The lowest BCUT2D eigenvalue weighted by atomic mass is 9.90. The summed E-state index contributed by atoms with van der Waals surface area (Å²) in [5.74, 6) is 0. The van der Waals surface area contributed by atoms with Crippen molar-refractivity contribution in [2.45, 2.75) is 31.0 Å². The van der Waals surface area contributed by atoms with Crippen LogP contribution in [0.5, 0.6) is 0 Å². The molecule has 1 aromatic rings. The first-order valence-electron chi connectivity index (χ1n) is 7.42. The highest BCUT2D eigenvalue weighted by molar-refractivity contribution is 5.22. The monoisotopic (exact) mass is 278 g/mol. The van der Waals surface area contributed by atoms with Crippen LogP contribution in [0.4, 0.5) is 0 Å². The molecule has 0 aromatic heterocycles. The number of benzene rings is 1. The molecule has 1 aromatic carbocycles. The maximum absolute atomic E-state index is 10.7. The summed E-state index contributed by atoms with van der Waals surface area (Å²) in [6, 6.07) is 9.70. The van der Waals surface area contributed by atoms with Gasteiger partial charge in [0.2, 0.25) is 0 Å². The van der Waals surface area contributed by atoms with E-state index in [0.717, 1.165) is 38.1 Å². The first-order chi connectivity index (χ1) is 9.64. The molecule has 0 radical (unpaired) electrons. The van der Waals surface area contributed by atoms with Crippen LogP contribution in [0.3, 0.4) is 0 Å². The molecule has 3 N–H and O–H groups in total. The van der Waals surface area contributed by atoms with Crippen LogP contribution in [0.2, 0.25) is 0 Å². The molecule has 112 valence electrons. The molecule has 2 unspecified atom stereocenters. The van der Waals surface area contributed by atoms with Gasteiger partial charge in [0, 0.05) is 26.2 Å². The Hall–Kier alpha value is -0.940. The molecule has 0 saturated carbocycles. The van der Waals surface area contributed by atoms with Crippen LogP contribution in [0, 0.1) is 0 Å². The predicted octanol–water partition coefficient (Wildman–Crippen LogP) is 1.33. The van der Waals surface area contributed by atoms with E-state index in [0.29, 0.717) is 12.5 Å². The van der Waals surface area contributed by atoms with Crippen LogP contribution in [-0.2, 0) is 10.3 Å². The Morgan fingerprint density at radius 1 is 1.40 bits per heavy atom. The fourth-order valence-electron chi connectivity index (χ4n) is 2.72. The first kappa shape index (κ1) is 15.4. The average Bonchev–Trinajstić information content (AvgIpc) is 2.98. The van der Waals surface area contributed by atoms with Gasteiger partial charge in [-0.1, -0.05) is 30.3 Å². The highest BCUT2D eigenvalue weighted by Crippen LogP contribution is 2.24. The zero-order valence-corrected chi connectivity index (χ0v) is 12.3. The van der Waals surface area contributed by atoms with Crippen molar-refractivity contribution >= 4 is 0 Å². The topological polar surface area (TPSA) is 58.7 Å². The molecule has 0 amide bonds. The average molecular weight is 278 g/mol. The van der Waals surface area contributed by atoms with E-state index in [1.54, 1.807) is 0 Å². The zero-order chi connectivity index (χ0) is 14.4. The number of aliphatic hydroxyl groups is 1. The van der Waals surface area contributed by atoms with Crippen molar-refractivity contribution in [1.82, 2.24) is 4.90 Å². The number of hydrogen-bond acceptors (Lipinski definition) is 4. The van der Waals surface area contributed by atoms with Crippen LogP contribution in [0.1, 0.15) is 24.8 Å². The van der Waals surface area contributed by atoms with Gasteiger partial charge < -0.3 is 20.5 Å². The summed E-state index contributed by atoms with van der Waals surface area (Å²) in [5, 5.41) is 10.7. The van der Waals surface area contributed by atoms with Crippen molar-refractivity contribution in [2.75, 3.05) is 33.3 Å². The van der Waals surface area contributed by atoms with Gasteiger partial charge >= 0.3 is 0 Å². The number of rotatable bonds is 7. The Balaban J connectivity index is 1.86. The van der Waals surface area contributed by atoms with Gasteiger partial charge in [0.1, 0.15) is 5.60 Å². The number of hydrogen-bond donors (Lipinski definition) is 2. The summed E-state index contributed by atoms with van der Waals surface area (Å²) in [4.78, 5) is 2.22. The summed E-state index contributed by atoms with van der Waals surface area (Å²) in [7, 11) is 2.07. The van der Waals surface area contributed by atoms with Crippen LogP contribution in [0.15, 0.2) is 30.3 Å². The third-order valence-corrected chi connectivity index (χ3v) is 4.10. The SMILES string of the molecule is CN(CCC(O)(CN)c1ccccc1)CC1CCCO1. The number of nitrogens with two attached hydrogens (primary N) is 1. The molecule has 1 saturated heterocycles. The predicted molar refractivity (Wildman–Crippen MR) is 80.5 cm³/mol. The normalized spacial score (nSPS) is 22.1. The quantitative estimate of drug-likeness (QED) is 0.790. The lowest BCUT2D eigenvalue weighted by Crippen LogP contribution is -2.39. The summed E-state index contributed by atoms with van der Waals surface area (Å²) >= 11 is 0. The molecule has 4 heteroatoms. The molecular weight excluding hydrogens is 252 g/mol. The largest absolute Gasteiger partial charge is 0.384 e. The highest BCUT2D eigenvalue weighted by atomic mass is 16.5. The minimum Gasteiger partial charge on any atom is -0.384 e. The summed E-state index contributed by atoms with van der Waals surface area (Å²) < 4.78 is 5.64. The molecule has 4 nitrogen and oxygen atoms in total. The van der Waals surface area contributed by atoms with E-state index in [9.17, 15) is 5.11 Å². The van der Waals surface area contributed by atoms with Gasteiger partial charge in [0.05, 0.1) is 6.10 Å². The number of likely N-dealkylation sites (N-methyl/N-ethyl adjacent to an activating group) is 1. The molecule has 2 rings (SSSR count). The maximum atomic E-state index is 10.7. The standard InChI is InChI=1S/C16H26N2O2/c1-18(12-15-8-5-11-20-15)10-9-16(19,13-17)14-6-3-2-4-7-14/h2-4,6-7,15,19H,5,8-13,17H2,1H3. The Morgan fingerprint density at radius 3 is 2.75 bits per heavy atom. The molecule has 1 fully saturated rings. The Morgan fingerprint density at radius 2 is 2.15 bits per heavy atom. The highest BCUT2D eigenvalue weighted by Gasteiger charge is 2.28. The van der Waals surface area contributed by atoms with Crippen molar-refractivity contribution in [3.8, 4) is 0 Å². The first-order valence-corrected chi connectivity index (χ1v) is 7.42. The minimum absolute atomic E-state index is 0.241.